The molecule has 1 aromatic rings. The Morgan fingerprint density at radius 2 is 2.29 bits per heavy atom. The Bertz CT molecular complexity index is 423. The monoisotopic (exact) mass is 233 g/mol. The maximum absolute atomic E-state index is 11.4. The third-order valence-corrected chi connectivity index (χ3v) is 3.99. The molecule has 1 aromatic heterocycles. The van der Waals surface area contributed by atoms with Crippen LogP contribution in [-0.2, 0) is 4.79 Å². The minimum absolute atomic E-state index is 0.287. The predicted molar refractivity (Wildman–Crippen MR) is 61.6 cm³/mol. The average Bonchev–Trinajstić information content (AvgIpc) is 2.88. The van der Waals surface area contributed by atoms with Gasteiger partial charge in [-0.05, 0) is 24.7 Å². The van der Waals surface area contributed by atoms with Crippen molar-refractivity contribution in [2.75, 3.05) is 11.4 Å². The van der Waals surface area contributed by atoms with Crippen LogP contribution in [0.25, 0.3) is 0 Å². The van der Waals surface area contributed by atoms with Crippen molar-refractivity contribution in [2.45, 2.75) is 25.3 Å². The second-order valence-corrected chi connectivity index (χ2v) is 4.85. The lowest BCUT2D eigenvalue weighted by atomic mass is 9.94. The molecule has 2 fully saturated rings. The average molecular weight is 233 g/mol. The zero-order valence-corrected chi connectivity index (χ0v) is 9.49. The molecule has 1 saturated carbocycles. The number of anilines is 1. The maximum Gasteiger partial charge on any atom is 0.326 e. The Labute approximate surface area is 99.5 Å². The molecule has 2 aliphatic rings. The molecule has 0 spiro atoms. The van der Waals surface area contributed by atoms with E-state index in [1.807, 2.05) is 4.90 Å². The highest BCUT2D eigenvalue weighted by Crippen LogP contribution is 2.43. The molecule has 3 atom stereocenters. The van der Waals surface area contributed by atoms with Gasteiger partial charge in [0.15, 0.2) is 0 Å². The molecule has 90 valence electrons. The third kappa shape index (κ3) is 1.66. The predicted octanol–water partition coefficient (Wildman–Crippen LogP) is 1.17. The van der Waals surface area contributed by atoms with Crippen molar-refractivity contribution in [1.29, 1.82) is 0 Å². The van der Waals surface area contributed by atoms with Gasteiger partial charge in [-0.1, -0.05) is 6.42 Å². The number of carboxylic acid groups (broad SMARTS) is 1. The Kier molecular flexibility index (Phi) is 2.46. The van der Waals surface area contributed by atoms with Crippen molar-refractivity contribution in [2.24, 2.45) is 11.8 Å². The van der Waals surface area contributed by atoms with Gasteiger partial charge in [-0.15, -0.1) is 0 Å². The number of fused-ring (bicyclic) bond motifs is 1. The van der Waals surface area contributed by atoms with E-state index in [-0.39, 0.29) is 5.92 Å². The number of hydrogen-bond acceptors (Lipinski definition) is 4. The lowest BCUT2D eigenvalue weighted by Gasteiger charge is -2.24. The second-order valence-electron chi connectivity index (χ2n) is 4.85. The SMILES string of the molecule is O=C(O)C1C2CCCC2CN1c1cnccn1. The standard InChI is InChI=1S/C12H15N3O2/c16-12(17)11-9-3-1-2-8(9)7-15(11)10-6-13-4-5-14-10/h4-6,8-9,11H,1-3,7H2,(H,16,17). The Morgan fingerprint density at radius 3 is 3.00 bits per heavy atom. The van der Waals surface area contributed by atoms with E-state index >= 15 is 0 Å². The van der Waals surface area contributed by atoms with Gasteiger partial charge in [0.05, 0.1) is 6.20 Å². The summed E-state index contributed by atoms with van der Waals surface area (Å²) >= 11 is 0. The Hall–Kier alpha value is -1.65. The van der Waals surface area contributed by atoms with Crippen LogP contribution >= 0.6 is 0 Å². The number of aliphatic carboxylic acids is 1. The van der Waals surface area contributed by atoms with E-state index < -0.39 is 12.0 Å². The molecule has 17 heavy (non-hydrogen) atoms. The van der Waals surface area contributed by atoms with Crippen LogP contribution in [0.3, 0.4) is 0 Å². The molecule has 2 heterocycles. The molecule has 3 rings (SSSR count). The van der Waals surface area contributed by atoms with Gasteiger partial charge in [0.2, 0.25) is 0 Å². The molecule has 5 heteroatoms. The van der Waals surface area contributed by atoms with Crippen LogP contribution in [-0.4, -0.2) is 33.6 Å². The van der Waals surface area contributed by atoms with Crippen LogP contribution in [0.2, 0.25) is 0 Å². The van der Waals surface area contributed by atoms with Crippen molar-refractivity contribution >= 4 is 11.8 Å². The summed E-state index contributed by atoms with van der Waals surface area (Å²) in [5.41, 5.74) is 0. The van der Waals surface area contributed by atoms with E-state index in [9.17, 15) is 9.90 Å². The lowest BCUT2D eigenvalue weighted by molar-refractivity contribution is -0.139. The van der Waals surface area contributed by atoms with E-state index in [0.29, 0.717) is 11.7 Å². The highest BCUT2D eigenvalue weighted by molar-refractivity contribution is 5.79. The fraction of sp³-hybridized carbons (Fsp3) is 0.583. The first kappa shape index (κ1) is 10.5. The number of rotatable bonds is 2. The zero-order valence-electron chi connectivity index (χ0n) is 9.49. The van der Waals surface area contributed by atoms with Crippen molar-refractivity contribution < 1.29 is 9.90 Å². The number of aromatic nitrogens is 2. The molecule has 0 aromatic carbocycles. The highest BCUT2D eigenvalue weighted by atomic mass is 16.4. The van der Waals surface area contributed by atoms with Crippen LogP contribution in [0.15, 0.2) is 18.6 Å². The van der Waals surface area contributed by atoms with Gasteiger partial charge in [-0.3, -0.25) is 4.98 Å². The minimum atomic E-state index is -0.731. The van der Waals surface area contributed by atoms with E-state index in [1.165, 1.54) is 0 Å². The van der Waals surface area contributed by atoms with Crippen LogP contribution in [0.4, 0.5) is 5.82 Å². The van der Waals surface area contributed by atoms with Crippen molar-refractivity contribution in [3.8, 4) is 0 Å². The quantitative estimate of drug-likeness (QED) is 0.830. The molecular weight excluding hydrogens is 218 g/mol. The van der Waals surface area contributed by atoms with Gasteiger partial charge >= 0.3 is 5.97 Å². The normalized spacial score (nSPS) is 31.5. The fourth-order valence-corrected chi connectivity index (χ4v) is 3.30. The first-order valence-electron chi connectivity index (χ1n) is 6.03. The van der Waals surface area contributed by atoms with Crippen LogP contribution < -0.4 is 4.90 Å². The molecule has 0 radical (unpaired) electrons. The van der Waals surface area contributed by atoms with E-state index in [2.05, 4.69) is 9.97 Å². The van der Waals surface area contributed by atoms with Gasteiger partial charge in [-0.25, -0.2) is 9.78 Å². The first-order valence-corrected chi connectivity index (χ1v) is 6.03. The zero-order chi connectivity index (χ0) is 11.8. The van der Waals surface area contributed by atoms with Crippen LogP contribution in [0.1, 0.15) is 19.3 Å². The maximum atomic E-state index is 11.4. The summed E-state index contributed by atoms with van der Waals surface area (Å²) in [6.07, 6.45) is 8.20. The second kappa shape index (κ2) is 3.98. The number of carboxylic acids is 1. The molecule has 3 unspecified atom stereocenters. The van der Waals surface area contributed by atoms with Gasteiger partial charge in [0.25, 0.3) is 0 Å². The Balaban J connectivity index is 1.92. The number of hydrogen-bond donors (Lipinski definition) is 1. The van der Waals surface area contributed by atoms with Gasteiger partial charge in [0.1, 0.15) is 11.9 Å². The summed E-state index contributed by atoms with van der Waals surface area (Å²) in [5, 5.41) is 9.40. The summed E-state index contributed by atoms with van der Waals surface area (Å²) < 4.78 is 0. The summed E-state index contributed by atoms with van der Waals surface area (Å²) in [4.78, 5) is 21.6. The molecule has 0 amide bonds. The van der Waals surface area contributed by atoms with Crippen molar-refractivity contribution in [1.82, 2.24) is 9.97 Å². The number of carbonyl (C=O) groups is 1. The molecule has 5 nitrogen and oxygen atoms in total. The molecule has 1 aliphatic heterocycles. The van der Waals surface area contributed by atoms with Crippen molar-refractivity contribution in [3.63, 3.8) is 0 Å². The summed E-state index contributed by atoms with van der Waals surface area (Å²) in [7, 11) is 0. The summed E-state index contributed by atoms with van der Waals surface area (Å²) in [5.74, 6) is 0.756. The van der Waals surface area contributed by atoms with Crippen LogP contribution in [0.5, 0.6) is 0 Å². The molecular formula is C12H15N3O2. The van der Waals surface area contributed by atoms with E-state index in [0.717, 1.165) is 25.8 Å². The van der Waals surface area contributed by atoms with E-state index in [4.69, 9.17) is 0 Å². The largest absolute Gasteiger partial charge is 0.480 e. The topological polar surface area (TPSA) is 66.3 Å². The van der Waals surface area contributed by atoms with E-state index in [1.54, 1.807) is 18.6 Å². The number of nitrogens with zero attached hydrogens (tertiary/aromatic N) is 3. The summed E-state index contributed by atoms with van der Waals surface area (Å²) in [6, 6.07) is -0.417. The van der Waals surface area contributed by atoms with Gasteiger partial charge < -0.3 is 10.0 Å². The minimum Gasteiger partial charge on any atom is -0.480 e. The Morgan fingerprint density at radius 1 is 1.41 bits per heavy atom. The van der Waals surface area contributed by atoms with Gasteiger partial charge in [-0.2, -0.15) is 0 Å². The smallest absolute Gasteiger partial charge is 0.326 e. The van der Waals surface area contributed by atoms with Crippen LogP contribution in [0, 0.1) is 11.8 Å². The summed E-state index contributed by atoms with van der Waals surface area (Å²) in [6.45, 7) is 0.806. The fourth-order valence-electron chi connectivity index (χ4n) is 3.30. The molecule has 1 aliphatic carbocycles. The molecule has 1 N–H and O–H groups in total. The third-order valence-electron chi connectivity index (χ3n) is 3.99. The highest BCUT2D eigenvalue weighted by Gasteiger charge is 2.48. The van der Waals surface area contributed by atoms with Gasteiger partial charge in [0, 0.05) is 18.9 Å². The van der Waals surface area contributed by atoms with Crippen molar-refractivity contribution in [3.05, 3.63) is 18.6 Å². The first-order chi connectivity index (χ1) is 8.27. The molecule has 0 bridgehead atoms. The lowest BCUT2D eigenvalue weighted by Crippen LogP contribution is -2.40. The molecule has 1 saturated heterocycles.